The van der Waals surface area contributed by atoms with Crippen molar-refractivity contribution in [3.63, 3.8) is 0 Å². The van der Waals surface area contributed by atoms with Gasteiger partial charge in [-0.2, -0.15) is 10.2 Å². The summed E-state index contributed by atoms with van der Waals surface area (Å²) >= 11 is 0. The zero-order valence-electron chi connectivity index (χ0n) is 21.9. The molecule has 2 aromatic heterocycles. The van der Waals surface area contributed by atoms with Gasteiger partial charge < -0.3 is 29.7 Å². The number of aliphatic hydroxyl groups is 1. The van der Waals surface area contributed by atoms with Crippen molar-refractivity contribution >= 4 is 23.5 Å². The molecule has 0 bridgehead atoms. The molecule has 4 rings (SSSR count). The quantitative estimate of drug-likeness (QED) is 0.442. The Balaban J connectivity index is 1.48. The predicted octanol–water partition coefficient (Wildman–Crippen LogP) is 2.23. The van der Waals surface area contributed by atoms with E-state index >= 15 is 0 Å². The van der Waals surface area contributed by atoms with Crippen LogP contribution in [-0.2, 0) is 4.79 Å². The Morgan fingerprint density at radius 3 is 2.59 bits per heavy atom. The Bertz CT molecular complexity index is 1400. The first-order chi connectivity index (χ1) is 18.8. The molecular formula is C27H29N7O5. The topological polar surface area (TPSA) is 154 Å². The maximum absolute atomic E-state index is 12.3. The summed E-state index contributed by atoms with van der Waals surface area (Å²) in [6, 6.07) is 12.4. The zero-order chi connectivity index (χ0) is 27.9. The minimum atomic E-state index is -0.499. The predicted molar refractivity (Wildman–Crippen MR) is 142 cm³/mol. The molecule has 3 heterocycles. The number of nitrogens with zero attached hydrogens (tertiary/aromatic N) is 6. The summed E-state index contributed by atoms with van der Waals surface area (Å²) in [4.78, 5) is 40.0. The Labute approximate surface area is 225 Å². The molecule has 0 unspecified atom stereocenters. The molecule has 1 fully saturated rings. The number of hydrogen-bond donors (Lipinski definition) is 2. The van der Waals surface area contributed by atoms with Gasteiger partial charge in [-0.3, -0.25) is 9.59 Å². The molecule has 0 saturated carbocycles. The molecule has 1 saturated heterocycles. The van der Waals surface area contributed by atoms with Crippen LogP contribution in [0.15, 0.2) is 42.7 Å². The third kappa shape index (κ3) is 6.39. The average Bonchev–Trinajstić information content (AvgIpc) is 2.97. The van der Waals surface area contributed by atoms with E-state index in [0.29, 0.717) is 65.7 Å². The molecule has 2 N–H and O–H groups in total. The lowest BCUT2D eigenvalue weighted by Gasteiger charge is -2.32. The molecule has 1 aromatic carbocycles. The molecule has 2 amide bonds. The fraction of sp³-hybridized carbons (Fsp3) is 0.333. The van der Waals surface area contributed by atoms with Crippen LogP contribution < -0.4 is 14.8 Å². The molecule has 12 nitrogen and oxygen atoms in total. The van der Waals surface area contributed by atoms with E-state index in [1.807, 2.05) is 6.07 Å². The van der Waals surface area contributed by atoms with E-state index in [0.717, 1.165) is 0 Å². The second kappa shape index (κ2) is 12.2. The Morgan fingerprint density at radius 2 is 1.92 bits per heavy atom. The van der Waals surface area contributed by atoms with Crippen LogP contribution >= 0.6 is 0 Å². The lowest BCUT2D eigenvalue weighted by molar-refractivity contribution is -0.135. The van der Waals surface area contributed by atoms with Crippen LogP contribution in [0.3, 0.4) is 0 Å². The Morgan fingerprint density at radius 1 is 1.15 bits per heavy atom. The summed E-state index contributed by atoms with van der Waals surface area (Å²) < 4.78 is 11.4. The van der Waals surface area contributed by atoms with Gasteiger partial charge in [0.15, 0.2) is 0 Å². The van der Waals surface area contributed by atoms with Gasteiger partial charge in [-0.25, -0.2) is 9.97 Å². The highest BCUT2D eigenvalue weighted by atomic mass is 16.5. The second-order valence-corrected chi connectivity index (χ2v) is 9.05. The number of ether oxygens (including phenoxy) is 2. The van der Waals surface area contributed by atoms with Crippen LogP contribution in [0, 0.1) is 11.3 Å². The van der Waals surface area contributed by atoms with Crippen molar-refractivity contribution in [3.05, 3.63) is 53.9 Å². The van der Waals surface area contributed by atoms with Crippen molar-refractivity contribution in [2.24, 2.45) is 0 Å². The number of anilines is 2. The zero-order valence-corrected chi connectivity index (χ0v) is 21.9. The van der Waals surface area contributed by atoms with E-state index < -0.39 is 6.61 Å². The number of rotatable bonds is 8. The largest absolute Gasteiger partial charge is 0.489 e. The van der Waals surface area contributed by atoms with Gasteiger partial charge in [-0.1, -0.05) is 0 Å². The fourth-order valence-electron chi connectivity index (χ4n) is 4.17. The van der Waals surface area contributed by atoms with Crippen molar-refractivity contribution in [2.75, 3.05) is 46.2 Å². The normalized spacial score (nSPS) is 13.4. The van der Waals surface area contributed by atoms with E-state index in [4.69, 9.17) is 14.6 Å². The SMILES string of the molecule is COc1nc(Nc2cc(-c3ccc(OC4CCN(C(=O)CO)CC4)c(C#N)c3)ncn2)ccc1C(=O)N(C)C. The lowest BCUT2D eigenvalue weighted by Crippen LogP contribution is -2.42. The highest BCUT2D eigenvalue weighted by molar-refractivity contribution is 5.96. The van der Waals surface area contributed by atoms with Gasteiger partial charge in [-0.15, -0.1) is 0 Å². The molecule has 1 aliphatic heterocycles. The van der Waals surface area contributed by atoms with Gasteiger partial charge in [0.05, 0.1) is 18.4 Å². The molecular weight excluding hydrogens is 502 g/mol. The minimum absolute atomic E-state index is 0.135. The highest BCUT2D eigenvalue weighted by Gasteiger charge is 2.24. The van der Waals surface area contributed by atoms with E-state index in [9.17, 15) is 14.9 Å². The summed E-state index contributed by atoms with van der Waals surface area (Å²) in [5.74, 6) is 1.03. The molecule has 0 atom stereocenters. The summed E-state index contributed by atoms with van der Waals surface area (Å²) in [6.07, 6.45) is 2.49. The molecule has 202 valence electrons. The van der Waals surface area contributed by atoms with Gasteiger partial charge in [0.2, 0.25) is 11.8 Å². The van der Waals surface area contributed by atoms with Crippen LogP contribution in [0.1, 0.15) is 28.8 Å². The van der Waals surface area contributed by atoms with E-state index in [1.54, 1.807) is 49.3 Å². The maximum atomic E-state index is 12.3. The lowest BCUT2D eigenvalue weighted by atomic mass is 10.1. The summed E-state index contributed by atoms with van der Waals surface area (Å²) in [5, 5.41) is 21.9. The number of amides is 2. The van der Waals surface area contributed by atoms with Crippen molar-refractivity contribution in [1.82, 2.24) is 24.8 Å². The number of methoxy groups -OCH3 is 1. The maximum Gasteiger partial charge on any atom is 0.258 e. The van der Waals surface area contributed by atoms with Gasteiger partial charge in [0.1, 0.15) is 48.1 Å². The Kier molecular flexibility index (Phi) is 8.53. The number of carbonyl (C=O) groups excluding carboxylic acids is 2. The third-order valence-electron chi connectivity index (χ3n) is 6.23. The first-order valence-electron chi connectivity index (χ1n) is 12.3. The first-order valence-corrected chi connectivity index (χ1v) is 12.3. The number of aromatic nitrogens is 3. The summed E-state index contributed by atoms with van der Waals surface area (Å²) in [6.45, 7) is 0.493. The molecule has 12 heteroatoms. The minimum Gasteiger partial charge on any atom is -0.489 e. The molecule has 39 heavy (non-hydrogen) atoms. The van der Waals surface area contributed by atoms with Crippen molar-refractivity contribution in [3.8, 4) is 29.0 Å². The molecule has 1 aliphatic rings. The Hall–Kier alpha value is -4.76. The number of aliphatic hydroxyl groups excluding tert-OH is 1. The van der Waals surface area contributed by atoms with Crippen LogP contribution in [0.2, 0.25) is 0 Å². The number of nitrogens with one attached hydrogen (secondary N) is 1. The standard InChI is InChI=1S/C27H29N7O5/c1-33(2)27(37)20-5-7-23(32-26(20)38-3)31-24-13-21(29-16-30-24)17-4-6-22(18(12-17)14-28)39-19-8-10-34(11-9-19)25(36)15-35/h4-7,12-13,16,19,35H,8-11,15H2,1-3H3,(H,29,30,31,32). The van der Waals surface area contributed by atoms with Crippen LogP contribution in [0.4, 0.5) is 11.6 Å². The summed E-state index contributed by atoms with van der Waals surface area (Å²) in [7, 11) is 4.75. The second-order valence-electron chi connectivity index (χ2n) is 9.05. The number of nitriles is 1. The smallest absolute Gasteiger partial charge is 0.258 e. The van der Waals surface area contributed by atoms with Crippen molar-refractivity contribution in [1.29, 1.82) is 5.26 Å². The average molecular weight is 532 g/mol. The number of piperidine rings is 1. The van der Waals surface area contributed by atoms with E-state index in [2.05, 4.69) is 26.3 Å². The number of carbonyl (C=O) groups is 2. The highest BCUT2D eigenvalue weighted by Crippen LogP contribution is 2.29. The van der Waals surface area contributed by atoms with Crippen LogP contribution in [-0.4, -0.2) is 88.7 Å². The van der Waals surface area contributed by atoms with Crippen LogP contribution in [0.25, 0.3) is 11.3 Å². The monoisotopic (exact) mass is 531 g/mol. The molecule has 0 spiro atoms. The van der Waals surface area contributed by atoms with Gasteiger partial charge >= 0.3 is 0 Å². The number of benzene rings is 1. The molecule has 3 aromatic rings. The third-order valence-corrected chi connectivity index (χ3v) is 6.23. The number of likely N-dealkylation sites (tertiary alicyclic amines) is 1. The fourth-order valence-corrected chi connectivity index (χ4v) is 4.17. The first kappa shape index (κ1) is 27.3. The van der Waals surface area contributed by atoms with Crippen LogP contribution in [0.5, 0.6) is 11.6 Å². The number of pyridine rings is 1. The van der Waals surface area contributed by atoms with Crippen molar-refractivity contribution in [2.45, 2.75) is 18.9 Å². The van der Waals surface area contributed by atoms with E-state index in [-0.39, 0.29) is 23.8 Å². The number of hydrogen-bond acceptors (Lipinski definition) is 10. The van der Waals surface area contributed by atoms with Gasteiger partial charge in [-0.05, 0) is 30.3 Å². The molecule has 0 radical (unpaired) electrons. The summed E-state index contributed by atoms with van der Waals surface area (Å²) in [5.41, 5.74) is 1.98. The van der Waals surface area contributed by atoms with Gasteiger partial charge in [0.25, 0.3) is 5.91 Å². The van der Waals surface area contributed by atoms with Gasteiger partial charge in [0, 0.05) is 51.7 Å². The molecule has 0 aliphatic carbocycles. The van der Waals surface area contributed by atoms with E-state index in [1.165, 1.54) is 18.3 Å². The van der Waals surface area contributed by atoms with Crippen molar-refractivity contribution < 1.29 is 24.2 Å².